The second-order valence-corrected chi connectivity index (χ2v) is 8.25. The normalized spacial score (nSPS) is 23.0. The molecular weight excluding hydrogens is 258 g/mol. The minimum absolute atomic E-state index is 0.263. The molecule has 1 N–H and O–H groups in total. The van der Waals surface area contributed by atoms with E-state index in [0.29, 0.717) is 10.9 Å². The highest BCUT2D eigenvalue weighted by Gasteiger charge is 2.32. The molecule has 0 aromatic heterocycles. The second-order valence-electron chi connectivity index (χ2n) is 6.23. The van der Waals surface area contributed by atoms with Crippen LogP contribution >= 0.6 is 0 Å². The molecule has 3 nitrogen and oxygen atoms in total. The van der Waals surface area contributed by atoms with E-state index < -0.39 is 9.84 Å². The fourth-order valence-electron chi connectivity index (χ4n) is 2.78. The molecule has 0 amide bonds. The number of hydrogen-bond acceptors (Lipinski definition) is 3. The Morgan fingerprint density at radius 3 is 2.63 bits per heavy atom. The van der Waals surface area contributed by atoms with Crippen molar-refractivity contribution in [3.05, 3.63) is 24.3 Å². The van der Waals surface area contributed by atoms with Gasteiger partial charge in [-0.25, -0.2) is 8.42 Å². The van der Waals surface area contributed by atoms with Gasteiger partial charge in [-0.2, -0.15) is 0 Å². The smallest absolute Gasteiger partial charge is 0.175 e. The molecule has 1 aliphatic rings. The molecule has 1 aliphatic carbocycles. The van der Waals surface area contributed by atoms with Crippen LogP contribution in [-0.4, -0.2) is 20.7 Å². The topological polar surface area (TPSA) is 46.2 Å². The fourth-order valence-corrected chi connectivity index (χ4v) is 3.45. The lowest BCUT2D eigenvalue weighted by Crippen LogP contribution is -2.38. The Morgan fingerprint density at radius 1 is 1.26 bits per heavy atom. The molecule has 1 fully saturated rings. The summed E-state index contributed by atoms with van der Waals surface area (Å²) in [6.45, 7) is 4.56. The molecule has 1 aromatic carbocycles. The van der Waals surface area contributed by atoms with Gasteiger partial charge < -0.3 is 5.32 Å². The van der Waals surface area contributed by atoms with Crippen LogP contribution in [0.1, 0.15) is 39.5 Å². The summed E-state index contributed by atoms with van der Waals surface area (Å²) in [5.74, 6) is 0. The maximum atomic E-state index is 11.6. The van der Waals surface area contributed by atoms with Crippen LogP contribution in [0.15, 0.2) is 29.2 Å². The third kappa shape index (κ3) is 3.50. The van der Waals surface area contributed by atoms with E-state index in [0.717, 1.165) is 12.1 Å². The highest BCUT2D eigenvalue weighted by Crippen LogP contribution is 2.37. The molecule has 0 radical (unpaired) electrons. The molecule has 1 aromatic rings. The highest BCUT2D eigenvalue weighted by atomic mass is 32.2. The molecule has 0 spiro atoms. The molecule has 0 saturated heterocycles. The monoisotopic (exact) mass is 281 g/mol. The minimum atomic E-state index is -3.13. The van der Waals surface area contributed by atoms with Gasteiger partial charge in [0.25, 0.3) is 0 Å². The van der Waals surface area contributed by atoms with E-state index in [2.05, 4.69) is 19.2 Å². The third-order valence-electron chi connectivity index (χ3n) is 4.11. The van der Waals surface area contributed by atoms with Gasteiger partial charge in [-0.05, 0) is 36.5 Å². The first kappa shape index (κ1) is 14.4. The maximum Gasteiger partial charge on any atom is 0.175 e. The predicted octanol–water partition coefficient (Wildman–Crippen LogP) is 3.47. The predicted molar refractivity (Wildman–Crippen MR) is 79.2 cm³/mol. The van der Waals surface area contributed by atoms with E-state index in [1.807, 2.05) is 6.07 Å². The molecule has 0 bridgehead atoms. The van der Waals surface area contributed by atoms with Gasteiger partial charge in [-0.15, -0.1) is 0 Å². The van der Waals surface area contributed by atoms with E-state index in [-0.39, 0.29) is 5.41 Å². The van der Waals surface area contributed by atoms with Crippen molar-refractivity contribution >= 4 is 15.5 Å². The zero-order chi connectivity index (χ0) is 14.1. The first-order valence-electron chi connectivity index (χ1n) is 6.86. The van der Waals surface area contributed by atoms with Crippen LogP contribution in [0.5, 0.6) is 0 Å². The SMILES string of the molecule is CC1(C)CCCCC1Nc1cccc(S(C)(=O)=O)c1. The summed E-state index contributed by atoms with van der Waals surface area (Å²) in [6.07, 6.45) is 6.14. The van der Waals surface area contributed by atoms with E-state index in [1.165, 1.54) is 25.5 Å². The molecule has 1 unspecified atom stereocenters. The molecule has 0 aliphatic heterocycles. The van der Waals surface area contributed by atoms with E-state index in [9.17, 15) is 8.42 Å². The Labute approximate surface area is 116 Å². The lowest BCUT2D eigenvalue weighted by Gasteiger charge is -2.39. The summed E-state index contributed by atoms with van der Waals surface area (Å²) in [4.78, 5) is 0.381. The lowest BCUT2D eigenvalue weighted by atomic mass is 9.73. The van der Waals surface area contributed by atoms with E-state index >= 15 is 0 Å². The number of sulfone groups is 1. The Bertz CT molecular complexity index is 549. The van der Waals surface area contributed by atoms with Crippen LogP contribution < -0.4 is 5.32 Å². The number of nitrogens with one attached hydrogen (secondary N) is 1. The van der Waals surface area contributed by atoms with Gasteiger partial charge in [-0.1, -0.05) is 32.8 Å². The maximum absolute atomic E-state index is 11.6. The van der Waals surface area contributed by atoms with Gasteiger partial charge in [0, 0.05) is 18.0 Å². The fraction of sp³-hybridized carbons (Fsp3) is 0.600. The van der Waals surface area contributed by atoms with Crippen molar-refractivity contribution in [2.24, 2.45) is 5.41 Å². The van der Waals surface area contributed by atoms with Crippen molar-refractivity contribution in [1.82, 2.24) is 0 Å². The van der Waals surface area contributed by atoms with E-state index in [1.54, 1.807) is 18.2 Å². The Balaban J connectivity index is 2.19. The molecule has 19 heavy (non-hydrogen) atoms. The average molecular weight is 281 g/mol. The standard InChI is InChI=1S/C15H23NO2S/c1-15(2)10-5-4-9-14(15)16-12-7-6-8-13(11-12)19(3,17)18/h6-8,11,14,16H,4-5,9-10H2,1-3H3. The molecule has 4 heteroatoms. The average Bonchev–Trinajstić information content (AvgIpc) is 2.31. The first-order valence-corrected chi connectivity index (χ1v) is 8.75. The van der Waals surface area contributed by atoms with Crippen LogP contribution in [0.4, 0.5) is 5.69 Å². The van der Waals surface area contributed by atoms with Crippen molar-refractivity contribution in [1.29, 1.82) is 0 Å². The van der Waals surface area contributed by atoms with Crippen molar-refractivity contribution < 1.29 is 8.42 Å². The second kappa shape index (κ2) is 5.16. The van der Waals surface area contributed by atoms with Gasteiger partial charge in [0.05, 0.1) is 4.90 Å². The first-order chi connectivity index (χ1) is 8.79. The minimum Gasteiger partial charge on any atom is -0.382 e. The van der Waals surface area contributed by atoms with Crippen LogP contribution in [0.3, 0.4) is 0 Å². The van der Waals surface area contributed by atoms with Gasteiger partial charge in [-0.3, -0.25) is 0 Å². The Hall–Kier alpha value is -1.03. The third-order valence-corrected chi connectivity index (χ3v) is 5.22. The molecule has 106 valence electrons. The number of hydrogen-bond donors (Lipinski definition) is 1. The summed E-state index contributed by atoms with van der Waals surface area (Å²) in [5.41, 5.74) is 1.17. The summed E-state index contributed by atoms with van der Waals surface area (Å²) < 4.78 is 23.2. The van der Waals surface area contributed by atoms with Gasteiger partial charge in [0.1, 0.15) is 0 Å². The van der Waals surface area contributed by atoms with Crippen molar-refractivity contribution in [3.8, 4) is 0 Å². The van der Waals surface area contributed by atoms with Crippen molar-refractivity contribution in [2.75, 3.05) is 11.6 Å². The van der Waals surface area contributed by atoms with Crippen LogP contribution in [0.25, 0.3) is 0 Å². The Morgan fingerprint density at radius 2 is 2.00 bits per heavy atom. The van der Waals surface area contributed by atoms with Crippen LogP contribution in [-0.2, 0) is 9.84 Å². The molecule has 2 rings (SSSR count). The summed E-state index contributed by atoms with van der Waals surface area (Å²) in [6, 6.07) is 7.54. The zero-order valence-corrected chi connectivity index (χ0v) is 12.8. The van der Waals surface area contributed by atoms with Gasteiger partial charge >= 0.3 is 0 Å². The van der Waals surface area contributed by atoms with Gasteiger partial charge in [0.15, 0.2) is 9.84 Å². The van der Waals surface area contributed by atoms with Crippen molar-refractivity contribution in [3.63, 3.8) is 0 Å². The Kier molecular flexibility index (Phi) is 3.90. The summed E-state index contributed by atoms with van der Waals surface area (Å²) in [5, 5.41) is 3.52. The largest absolute Gasteiger partial charge is 0.382 e. The molecule has 1 saturated carbocycles. The number of anilines is 1. The highest BCUT2D eigenvalue weighted by molar-refractivity contribution is 7.90. The molecular formula is C15H23NO2S. The molecule has 1 atom stereocenters. The number of rotatable bonds is 3. The summed E-state index contributed by atoms with van der Waals surface area (Å²) >= 11 is 0. The molecule has 0 heterocycles. The van der Waals surface area contributed by atoms with Crippen LogP contribution in [0.2, 0.25) is 0 Å². The van der Waals surface area contributed by atoms with Crippen molar-refractivity contribution in [2.45, 2.75) is 50.5 Å². The zero-order valence-electron chi connectivity index (χ0n) is 11.9. The quantitative estimate of drug-likeness (QED) is 0.922. The van der Waals surface area contributed by atoms with E-state index in [4.69, 9.17) is 0 Å². The lowest BCUT2D eigenvalue weighted by molar-refractivity contribution is 0.217. The number of benzene rings is 1. The van der Waals surface area contributed by atoms with Crippen LogP contribution in [0, 0.1) is 5.41 Å². The summed E-state index contributed by atoms with van der Waals surface area (Å²) in [7, 11) is -3.13. The van der Waals surface area contributed by atoms with Gasteiger partial charge in [0.2, 0.25) is 0 Å².